The molecule has 7 heteroatoms. The number of H-pyrrole nitrogens is 1. The van der Waals surface area contributed by atoms with Crippen LogP contribution in [0.25, 0.3) is 10.9 Å². The average molecular weight is 372 g/mol. The molecule has 1 atom stereocenters. The molecule has 2 aromatic carbocycles. The smallest absolute Gasteiger partial charge is 0.411 e. The Labute approximate surface area is 155 Å². The maximum Gasteiger partial charge on any atom is 0.411 e. The van der Waals surface area contributed by atoms with Crippen molar-refractivity contribution in [2.24, 2.45) is 0 Å². The minimum Gasteiger partial charge on any atom is -0.465 e. The van der Waals surface area contributed by atoms with Crippen molar-refractivity contribution in [2.75, 3.05) is 17.3 Å². The van der Waals surface area contributed by atoms with E-state index in [9.17, 15) is 9.59 Å². The lowest BCUT2D eigenvalue weighted by atomic mass is 10.1. The van der Waals surface area contributed by atoms with Crippen molar-refractivity contribution in [3.8, 4) is 0 Å². The molecule has 0 unspecified atom stereocenters. The summed E-state index contributed by atoms with van der Waals surface area (Å²) in [6.45, 7) is 1.87. The van der Waals surface area contributed by atoms with Crippen molar-refractivity contribution < 1.29 is 9.90 Å². The summed E-state index contributed by atoms with van der Waals surface area (Å²) >= 11 is 6.03. The number of amides is 1. The van der Waals surface area contributed by atoms with Crippen LogP contribution in [-0.2, 0) is 0 Å². The van der Waals surface area contributed by atoms with Gasteiger partial charge in [-0.2, -0.15) is 0 Å². The zero-order valence-electron chi connectivity index (χ0n) is 14.3. The molecule has 3 N–H and O–H groups in total. The summed E-state index contributed by atoms with van der Waals surface area (Å²) < 4.78 is 0. The summed E-state index contributed by atoms with van der Waals surface area (Å²) in [6.07, 6.45) is -1.04. The Morgan fingerprint density at radius 1 is 1.23 bits per heavy atom. The van der Waals surface area contributed by atoms with Crippen molar-refractivity contribution in [1.29, 1.82) is 0 Å². The van der Waals surface area contributed by atoms with E-state index in [4.69, 9.17) is 16.7 Å². The van der Waals surface area contributed by atoms with E-state index in [1.807, 2.05) is 19.1 Å². The number of hydrogen-bond donors (Lipinski definition) is 3. The van der Waals surface area contributed by atoms with Gasteiger partial charge in [-0.25, -0.2) is 4.79 Å². The standard InChI is InChI=1S/C19H18ClN3O3/c1-11(21-14-4-3-5-15(10-14)23(2)19(25)26)16-9-12-8-13(20)6-7-17(12)22-18(16)24/h3-11,21H,1-2H3,(H,22,24)(H,25,26)/t11-/m0/s1. The summed E-state index contributed by atoms with van der Waals surface area (Å²) in [7, 11) is 1.47. The molecule has 0 bridgehead atoms. The Morgan fingerprint density at radius 2 is 2.00 bits per heavy atom. The lowest BCUT2D eigenvalue weighted by molar-refractivity contribution is 0.203. The summed E-state index contributed by atoms with van der Waals surface area (Å²) in [5, 5.41) is 13.8. The molecule has 0 aliphatic rings. The molecule has 3 rings (SSSR count). The number of aromatic amines is 1. The topological polar surface area (TPSA) is 85.4 Å². The second-order valence-electron chi connectivity index (χ2n) is 6.04. The van der Waals surface area contributed by atoms with E-state index in [0.29, 0.717) is 22.0 Å². The molecule has 0 aliphatic heterocycles. The zero-order chi connectivity index (χ0) is 18.8. The van der Waals surface area contributed by atoms with Gasteiger partial charge in [0.25, 0.3) is 5.56 Å². The molecule has 26 heavy (non-hydrogen) atoms. The summed E-state index contributed by atoms with van der Waals surface area (Å²) in [5.41, 5.74) is 2.36. The molecular formula is C19H18ClN3O3. The number of hydrogen-bond acceptors (Lipinski definition) is 3. The van der Waals surface area contributed by atoms with Crippen molar-refractivity contribution in [1.82, 2.24) is 4.98 Å². The van der Waals surface area contributed by atoms with E-state index in [1.54, 1.807) is 36.4 Å². The minimum absolute atomic E-state index is 0.182. The number of benzene rings is 2. The highest BCUT2D eigenvalue weighted by molar-refractivity contribution is 6.31. The molecule has 1 heterocycles. The molecule has 3 aromatic rings. The van der Waals surface area contributed by atoms with E-state index >= 15 is 0 Å². The quantitative estimate of drug-likeness (QED) is 0.631. The first-order chi connectivity index (χ1) is 12.3. The number of nitrogens with one attached hydrogen (secondary N) is 2. The van der Waals surface area contributed by atoms with Gasteiger partial charge in [0.1, 0.15) is 0 Å². The monoisotopic (exact) mass is 371 g/mol. The number of nitrogens with zero attached hydrogens (tertiary/aromatic N) is 1. The van der Waals surface area contributed by atoms with Gasteiger partial charge in [-0.3, -0.25) is 9.69 Å². The second kappa shape index (κ2) is 7.09. The van der Waals surface area contributed by atoms with Crippen LogP contribution in [0.1, 0.15) is 18.5 Å². The number of carboxylic acid groups (broad SMARTS) is 1. The minimum atomic E-state index is -1.04. The first-order valence-electron chi connectivity index (χ1n) is 8.01. The molecule has 0 saturated heterocycles. The third kappa shape index (κ3) is 3.65. The second-order valence-corrected chi connectivity index (χ2v) is 6.48. The van der Waals surface area contributed by atoms with Gasteiger partial charge >= 0.3 is 6.09 Å². The van der Waals surface area contributed by atoms with Gasteiger partial charge in [0.2, 0.25) is 0 Å². The predicted octanol–water partition coefficient (Wildman–Crippen LogP) is 4.47. The van der Waals surface area contributed by atoms with E-state index < -0.39 is 6.09 Å². The van der Waals surface area contributed by atoms with Crippen LogP contribution in [0.5, 0.6) is 0 Å². The van der Waals surface area contributed by atoms with Crippen LogP contribution < -0.4 is 15.8 Å². The normalized spacial score (nSPS) is 12.0. The fraction of sp³-hybridized carbons (Fsp3) is 0.158. The number of halogens is 1. The molecule has 0 aliphatic carbocycles. The molecule has 0 saturated carbocycles. The van der Waals surface area contributed by atoms with Gasteiger partial charge in [0, 0.05) is 39.9 Å². The molecule has 1 aromatic heterocycles. The van der Waals surface area contributed by atoms with Crippen molar-refractivity contribution in [3.63, 3.8) is 0 Å². The molecule has 6 nitrogen and oxygen atoms in total. The Balaban J connectivity index is 1.91. The van der Waals surface area contributed by atoms with Gasteiger partial charge < -0.3 is 15.4 Å². The Hall–Kier alpha value is -2.99. The number of aromatic nitrogens is 1. The fourth-order valence-corrected chi connectivity index (χ4v) is 2.94. The maximum atomic E-state index is 12.4. The van der Waals surface area contributed by atoms with Gasteiger partial charge in [-0.05, 0) is 49.4 Å². The molecular weight excluding hydrogens is 354 g/mol. The summed E-state index contributed by atoms with van der Waals surface area (Å²) in [5.74, 6) is 0. The van der Waals surface area contributed by atoms with Crippen molar-refractivity contribution in [3.05, 3.63) is 69.5 Å². The third-order valence-corrected chi connectivity index (χ3v) is 4.44. The van der Waals surface area contributed by atoms with Crippen LogP contribution in [0, 0.1) is 0 Å². The SMILES string of the molecule is C[C@H](Nc1cccc(N(C)C(=O)O)c1)c1cc2cc(Cl)ccc2[nH]c1=O. The van der Waals surface area contributed by atoms with Crippen LogP contribution in [0.3, 0.4) is 0 Å². The molecule has 1 amide bonds. The van der Waals surface area contributed by atoms with Gasteiger partial charge in [-0.1, -0.05) is 17.7 Å². The number of anilines is 2. The Bertz CT molecular complexity index is 1030. The maximum absolute atomic E-state index is 12.4. The third-order valence-electron chi connectivity index (χ3n) is 4.21. The van der Waals surface area contributed by atoms with E-state index in [2.05, 4.69) is 10.3 Å². The predicted molar refractivity (Wildman–Crippen MR) is 104 cm³/mol. The molecule has 0 spiro atoms. The first-order valence-corrected chi connectivity index (χ1v) is 8.38. The highest BCUT2D eigenvalue weighted by Gasteiger charge is 2.13. The Morgan fingerprint density at radius 3 is 2.73 bits per heavy atom. The molecule has 0 fully saturated rings. The fourth-order valence-electron chi connectivity index (χ4n) is 2.76. The van der Waals surface area contributed by atoms with E-state index in [1.165, 1.54) is 7.05 Å². The van der Waals surface area contributed by atoms with Crippen molar-refractivity contribution in [2.45, 2.75) is 13.0 Å². The van der Waals surface area contributed by atoms with E-state index in [-0.39, 0.29) is 11.6 Å². The van der Waals surface area contributed by atoms with Crippen molar-refractivity contribution >= 4 is 40.0 Å². The average Bonchev–Trinajstić information content (AvgIpc) is 2.60. The highest BCUT2D eigenvalue weighted by Crippen LogP contribution is 2.24. The first kappa shape index (κ1) is 17.8. The summed E-state index contributed by atoms with van der Waals surface area (Å²) in [6, 6.07) is 13.8. The molecule has 134 valence electrons. The van der Waals surface area contributed by atoms with Crippen LogP contribution in [0.2, 0.25) is 5.02 Å². The zero-order valence-corrected chi connectivity index (χ0v) is 15.0. The van der Waals surface area contributed by atoms with Gasteiger partial charge in [0.15, 0.2) is 0 Å². The number of carbonyl (C=O) groups is 1. The molecule has 0 radical (unpaired) electrons. The number of fused-ring (bicyclic) bond motifs is 1. The van der Waals surface area contributed by atoms with Crippen LogP contribution in [0.4, 0.5) is 16.2 Å². The number of rotatable bonds is 4. The largest absolute Gasteiger partial charge is 0.465 e. The lowest BCUT2D eigenvalue weighted by Gasteiger charge is -2.18. The van der Waals surface area contributed by atoms with Crippen LogP contribution in [0.15, 0.2) is 53.3 Å². The highest BCUT2D eigenvalue weighted by atomic mass is 35.5. The van der Waals surface area contributed by atoms with Gasteiger partial charge in [0.05, 0.1) is 6.04 Å². The van der Waals surface area contributed by atoms with Gasteiger partial charge in [-0.15, -0.1) is 0 Å². The number of pyridine rings is 1. The summed E-state index contributed by atoms with van der Waals surface area (Å²) in [4.78, 5) is 27.5. The lowest BCUT2D eigenvalue weighted by Crippen LogP contribution is -2.24. The van der Waals surface area contributed by atoms with Crippen LogP contribution >= 0.6 is 11.6 Å². The van der Waals surface area contributed by atoms with Crippen LogP contribution in [-0.4, -0.2) is 23.2 Å². The van der Waals surface area contributed by atoms with E-state index in [0.717, 1.165) is 15.8 Å². The Kier molecular flexibility index (Phi) is 4.86.